The van der Waals surface area contributed by atoms with Crippen molar-refractivity contribution >= 4 is 16.8 Å². The number of aromatic nitrogens is 1. The molecule has 1 amide bonds. The molecule has 2 aromatic carbocycles. The van der Waals surface area contributed by atoms with Crippen molar-refractivity contribution in [3.63, 3.8) is 0 Å². The molecule has 1 aromatic heterocycles. The number of methoxy groups -OCH3 is 1. The third-order valence-corrected chi connectivity index (χ3v) is 4.83. The van der Waals surface area contributed by atoms with Gasteiger partial charge in [0.2, 0.25) is 5.91 Å². The third-order valence-electron chi connectivity index (χ3n) is 4.83. The summed E-state index contributed by atoms with van der Waals surface area (Å²) in [5, 5.41) is 4.27. The Morgan fingerprint density at radius 3 is 2.88 bits per heavy atom. The van der Waals surface area contributed by atoms with Crippen molar-refractivity contribution in [3.8, 4) is 17.0 Å². The Kier molecular flexibility index (Phi) is 3.34. The number of carbonyl (C=O) groups excluding carboxylic acids is 1. The number of H-pyrrole nitrogens is 1. The van der Waals surface area contributed by atoms with Crippen LogP contribution < -0.4 is 10.1 Å². The Bertz CT molecular complexity index is 956. The van der Waals surface area contributed by atoms with Gasteiger partial charge < -0.3 is 15.0 Å². The topological polar surface area (TPSA) is 54.1 Å². The van der Waals surface area contributed by atoms with Crippen molar-refractivity contribution in [1.82, 2.24) is 10.3 Å². The Morgan fingerprint density at radius 1 is 1.29 bits per heavy atom. The molecule has 4 nitrogen and oxygen atoms in total. The summed E-state index contributed by atoms with van der Waals surface area (Å²) in [6.45, 7) is 3.69. The number of rotatable bonds is 2. The summed E-state index contributed by atoms with van der Waals surface area (Å²) in [6.07, 6.45) is 0.776. The molecule has 4 heteroatoms. The molecular formula is C20H20N2O2. The van der Waals surface area contributed by atoms with Crippen LogP contribution in [-0.4, -0.2) is 18.0 Å². The molecule has 0 radical (unpaired) electrons. The summed E-state index contributed by atoms with van der Waals surface area (Å²) in [5.74, 6) is 0.837. The number of amides is 1. The lowest BCUT2D eigenvalue weighted by atomic mass is 9.83. The van der Waals surface area contributed by atoms with Crippen molar-refractivity contribution < 1.29 is 9.53 Å². The zero-order valence-electron chi connectivity index (χ0n) is 14.1. The van der Waals surface area contributed by atoms with Gasteiger partial charge in [-0.2, -0.15) is 0 Å². The van der Waals surface area contributed by atoms with E-state index in [1.165, 1.54) is 22.3 Å². The zero-order chi connectivity index (χ0) is 16.8. The van der Waals surface area contributed by atoms with Crippen LogP contribution in [0.25, 0.3) is 22.2 Å². The number of carbonyl (C=O) groups is 1. The molecule has 1 unspecified atom stereocenters. The Labute approximate surface area is 140 Å². The average Bonchev–Trinajstić information content (AvgIpc) is 2.92. The SMILES string of the molecule is COc1ccc2[nH]c3c(c2c1)CC(NC(C)=O)c1cccc(C)c1-3. The van der Waals surface area contributed by atoms with Crippen LogP contribution in [0.15, 0.2) is 36.4 Å². The number of hydrogen-bond donors (Lipinski definition) is 2. The van der Waals surface area contributed by atoms with Gasteiger partial charge >= 0.3 is 0 Å². The van der Waals surface area contributed by atoms with Gasteiger partial charge in [-0.3, -0.25) is 4.79 Å². The van der Waals surface area contributed by atoms with Gasteiger partial charge in [-0.25, -0.2) is 0 Å². The molecule has 0 aliphatic heterocycles. The van der Waals surface area contributed by atoms with E-state index in [0.717, 1.165) is 28.8 Å². The molecule has 2 N–H and O–H groups in total. The van der Waals surface area contributed by atoms with Crippen molar-refractivity contribution in [2.45, 2.75) is 26.3 Å². The summed E-state index contributed by atoms with van der Waals surface area (Å²) >= 11 is 0. The summed E-state index contributed by atoms with van der Waals surface area (Å²) in [5.41, 5.74) is 7.09. The van der Waals surface area contributed by atoms with E-state index in [1.54, 1.807) is 14.0 Å². The smallest absolute Gasteiger partial charge is 0.217 e. The van der Waals surface area contributed by atoms with Crippen LogP contribution in [0.1, 0.15) is 29.7 Å². The lowest BCUT2D eigenvalue weighted by molar-refractivity contribution is -0.119. The highest BCUT2D eigenvalue weighted by molar-refractivity contribution is 5.94. The van der Waals surface area contributed by atoms with Crippen molar-refractivity contribution in [2.75, 3.05) is 7.11 Å². The van der Waals surface area contributed by atoms with Crippen LogP contribution in [0.4, 0.5) is 0 Å². The van der Waals surface area contributed by atoms with E-state index >= 15 is 0 Å². The molecule has 1 aliphatic carbocycles. The Hall–Kier alpha value is -2.75. The Balaban J connectivity index is 1.99. The van der Waals surface area contributed by atoms with Crippen LogP contribution in [-0.2, 0) is 11.2 Å². The number of fused-ring (bicyclic) bond motifs is 5. The number of benzene rings is 2. The van der Waals surface area contributed by atoms with Gasteiger partial charge in [-0.15, -0.1) is 0 Å². The summed E-state index contributed by atoms with van der Waals surface area (Å²) in [4.78, 5) is 15.3. The summed E-state index contributed by atoms with van der Waals surface area (Å²) < 4.78 is 5.38. The highest BCUT2D eigenvalue weighted by Crippen LogP contribution is 2.43. The predicted molar refractivity (Wildman–Crippen MR) is 95.3 cm³/mol. The summed E-state index contributed by atoms with van der Waals surface area (Å²) in [6, 6.07) is 12.4. The molecule has 0 fully saturated rings. The second kappa shape index (κ2) is 5.41. The molecule has 0 saturated heterocycles. The van der Waals surface area contributed by atoms with E-state index in [4.69, 9.17) is 4.74 Å². The fourth-order valence-electron chi connectivity index (χ4n) is 3.79. The molecular weight excluding hydrogens is 300 g/mol. The van der Waals surface area contributed by atoms with E-state index in [-0.39, 0.29) is 11.9 Å². The number of hydrogen-bond acceptors (Lipinski definition) is 2. The first-order valence-corrected chi connectivity index (χ1v) is 8.14. The monoisotopic (exact) mass is 320 g/mol. The van der Waals surface area contributed by atoms with E-state index in [2.05, 4.69) is 47.6 Å². The second-order valence-corrected chi connectivity index (χ2v) is 6.39. The molecule has 24 heavy (non-hydrogen) atoms. The predicted octanol–water partition coefficient (Wildman–Crippen LogP) is 3.89. The largest absolute Gasteiger partial charge is 0.497 e. The van der Waals surface area contributed by atoms with Crippen molar-refractivity contribution in [1.29, 1.82) is 0 Å². The first-order valence-electron chi connectivity index (χ1n) is 8.14. The van der Waals surface area contributed by atoms with Crippen molar-refractivity contribution in [3.05, 3.63) is 53.1 Å². The number of aromatic amines is 1. The lowest BCUT2D eigenvalue weighted by Gasteiger charge is -2.27. The Morgan fingerprint density at radius 2 is 2.12 bits per heavy atom. The van der Waals surface area contributed by atoms with Gasteiger partial charge in [0.05, 0.1) is 18.8 Å². The molecule has 122 valence electrons. The van der Waals surface area contributed by atoms with Gasteiger partial charge in [0.15, 0.2) is 0 Å². The third kappa shape index (κ3) is 2.18. The van der Waals surface area contributed by atoms with Crippen LogP contribution in [0.3, 0.4) is 0 Å². The highest BCUT2D eigenvalue weighted by Gasteiger charge is 2.29. The normalized spacial score (nSPS) is 15.7. The van der Waals surface area contributed by atoms with E-state index in [1.807, 2.05) is 6.07 Å². The van der Waals surface area contributed by atoms with Gasteiger partial charge in [0, 0.05) is 23.4 Å². The molecule has 0 saturated carbocycles. The first kappa shape index (κ1) is 14.8. The molecule has 0 bridgehead atoms. The fourth-order valence-corrected chi connectivity index (χ4v) is 3.79. The van der Waals surface area contributed by atoms with E-state index in [0.29, 0.717) is 0 Å². The fraction of sp³-hybridized carbons (Fsp3) is 0.250. The zero-order valence-corrected chi connectivity index (χ0v) is 14.1. The molecule has 3 aromatic rings. The average molecular weight is 320 g/mol. The number of nitrogens with one attached hydrogen (secondary N) is 2. The second-order valence-electron chi connectivity index (χ2n) is 6.39. The molecule has 1 atom stereocenters. The number of ether oxygens (including phenoxy) is 1. The van der Waals surface area contributed by atoms with E-state index < -0.39 is 0 Å². The molecule has 1 aliphatic rings. The van der Waals surface area contributed by atoms with Gasteiger partial charge in [-0.05, 0) is 48.2 Å². The van der Waals surface area contributed by atoms with Crippen LogP contribution in [0, 0.1) is 6.92 Å². The van der Waals surface area contributed by atoms with Crippen LogP contribution in [0.5, 0.6) is 5.75 Å². The maximum Gasteiger partial charge on any atom is 0.217 e. The maximum absolute atomic E-state index is 11.7. The van der Waals surface area contributed by atoms with Gasteiger partial charge in [0.1, 0.15) is 5.75 Å². The first-order chi connectivity index (χ1) is 11.6. The minimum absolute atomic E-state index is 0.00454. The van der Waals surface area contributed by atoms with Crippen molar-refractivity contribution in [2.24, 2.45) is 0 Å². The van der Waals surface area contributed by atoms with E-state index in [9.17, 15) is 4.79 Å². The van der Waals surface area contributed by atoms with Gasteiger partial charge in [-0.1, -0.05) is 18.2 Å². The lowest BCUT2D eigenvalue weighted by Crippen LogP contribution is -2.30. The van der Waals surface area contributed by atoms with Gasteiger partial charge in [0.25, 0.3) is 0 Å². The standard InChI is InChI=1S/C20H20N2O2/c1-11-5-4-6-14-18(21-12(2)23)10-16-15-9-13(24-3)7-8-17(15)22-20(16)19(11)14/h4-9,18,22H,10H2,1-3H3,(H,21,23). The molecule has 0 spiro atoms. The van der Waals surface area contributed by atoms with Crippen LogP contribution in [0.2, 0.25) is 0 Å². The minimum Gasteiger partial charge on any atom is -0.497 e. The quantitative estimate of drug-likeness (QED) is 0.753. The minimum atomic E-state index is -0.00618. The highest BCUT2D eigenvalue weighted by atomic mass is 16.5. The van der Waals surface area contributed by atoms with Crippen LogP contribution >= 0.6 is 0 Å². The molecule has 4 rings (SSSR count). The number of aryl methyl sites for hydroxylation is 1. The summed E-state index contributed by atoms with van der Waals surface area (Å²) in [7, 11) is 1.68. The maximum atomic E-state index is 11.7. The molecule has 1 heterocycles.